The lowest BCUT2D eigenvalue weighted by atomic mass is 10.1. The zero-order chi connectivity index (χ0) is 34.3. The first-order valence-electron chi connectivity index (χ1n) is 15.3. The van der Waals surface area contributed by atoms with Gasteiger partial charge in [0.15, 0.2) is 0 Å². The van der Waals surface area contributed by atoms with Crippen LogP contribution in [0.25, 0.3) is 0 Å². The first-order chi connectivity index (χ1) is 20.0. The van der Waals surface area contributed by atoms with Crippen molar-refractivity contribution in [1.29, 1.82) is 0 Å². The Morgan fingerprint density at radius 2 is 0.955 bits per heavy atom. The quantitative estimate of drug-likeness (QED) is 0.103. The summed E-state index contributed by atoms with van der Waals surface area (Å²) in [5, 5.41) is 16.6. The second-order valence-electron chi connectivity index (χ2n) is 13.8. The summed E-state index contributed by atoms with van der Waals surface area (Å²) in [7, 11) is 0. The second-order valence-corrected chi connectivity index (χ2v) is 13.8. The highest BCUT2D eigenvalue weighted by Gasteiger charge is 2.32. The number of urea groups is 1. The van der Waals surface area contributed by atoms with E-state index in [0.717, 1.165) is 19.3 Å². The lowest BCUT2D eigenvalue weighted by molar-refractivity contribution is -0.160. The highest BCUT2D eigenvalue weighted by atomic mass is 16.6. The lowest BCUT2D eigenvalue weighted by Gasteiger charge is -2.27. The van der Waals surface area contributed by atoms with Crippen molar-refractivity contribution in [2.45, 2.75) is 162 Å². The van der Waals surface area contributed by atoms with Gasteiger partial charge < -0.3 is 35.3 Å². The van der Waals surface area contributed by atoms with E-state index in [1.165, 1.54) is 0 Å². The largest absolute Gasteiger partial charge is 0.481 e. The average molecular weight is 630 g/mol. The minimum Gasteiger partial charge on any atom is -0.481 e. The highest BCUT2D eigenvalue weighted by Crippen LogP contribution is 2.15. The number of hydrogen-bond acceptors (Lipinski definition) is 9. The Labute approximate surface area is 261 Å². The molecule has 3 atom stereocenters. The minimum absolute atomic E-state index is 0.183. The maximum atomic E-state index is 13.0. The van der Waals surface area contributed by atoms with Crippen LogP contribution in [0.3, 0.4) is 0 Å². The molecular weight excluding hydrogens is 574 g/mol. The summed E-state index contributed by atoms with van der Waals surface area (Å²) in [5.41, 5.74) is -2.54. The smallest absolute Gasteiger partial charge is 0.329 e. The van der Waals surface area contributed by atoms with Crippen molar-refractivity contribution in [1.82, 2.24) is 16.0 Å². The molecule has 0 spiro atoms. The average Bonchev–Trinajstić information content (AvgIpc) is 2.82. The van der Waals surface area contributed by atoms with E-state index < -0.39 is 77.2 Å². The van der Waals surface area contributed by atoms with Gasteiger partial charge in [0, 0.05) is 12.8 Å². The SMILES string of the molecule is CCCCCC[C@H](NC(=O)CC[C@H](NC(=O)N[C@@H](CCC(=O)O)C(=O)OC(C)(C)C)C(=O)OC(C)(C)C)C(=O)OC(C)(C)C. The topological polar surface area (TPSA) is 186 Å². The summed E-state index contributed by atoms with van der Waals surface area (Å²) in [4.78, 5) is 75.4. The van der Waals surface area contributed by atoms with Crippen molar-refractivity contribution >= 4 is 35.8 Å². The Balaban J connectivity index is 5.69. The van der Waals surface area contributed by atoms with E-state index in [4.69, 9.17) is 19.3 Å². The molecular formula is C31H55N3O10. The number of aliphatic carboxylic acids is 1. The molecule has 4 N–H and O–H groups in total. The van der Waals surface area contributed by atoms with Crippen molar-refractivity contribution in [3.8, 4) is 0 Å². The van der Waals surface area contributed by atoms with Crippen LogP contribution in [0.4, 0.5) is 4.79 Å². The molecule has 0 aromatic carbocycles. The molecule has 0 heterocycles. The Morgan fingerprint density at radius 3 is 1.32 bits per heavy atom. The number of unbranched alkanes of at least 4 members (excludes halogenated alkanes) is 3. The van der Waals surface area contributed by atoms with E-state index in [9.17, 15) is 28.8 Å². The molecule has 13 heteroatoms. The van der Waals surface area contributed by atoms with Crippen molar-refractivity contribution in [2.75, 3.05) is 0 Å². The number of amides is 3. The molecule has 44 heavy (non-hydrogen) atoms. The van der Waals surface area contributed by atoms with Crippen molar-refractivity contribution in [3.05, 3.63) is 0 Å². The number of carboxylic acids is 1. The maximum absolute atomic E-state index is 13.0. The molecule has 0 unspecified atom stereocenters. The van der Waals surface area contributed by atoms with Gasteiger partial charge in [0.2, 0.25) is 5.91 Å². The van der Waals surface area contributed by atoms with Crippen LogP contribution >= 0.6 is 0 Å². The molecule has 254 valence electrons. The standard InChI is InChI=1S/C31H55N3O10/c1-11-12-13-14-15-20(25(38)42-29(2,3)4)32-23(35)18-16-21(26(39)43-30(5,6)7)33-28(41)34-22(17-19-24(36)37)27(40)44-31(8,9)10/h20-22H,11-19H2,1-10H3,(H,32,35)(H,36,37)(H2,33,34,41)/t20-,21-,22-/m0/s1. The van der Waals surface area contributed by atoms with Crippen LogP contribution in [-0.4, -0.2) is 75.9 Å². The first kappa shape index (κ1) is 40.6. The van der Waals surface area contributed by atoms with E-state index in [1.54, 1.807) is 62.3 Å². The Bertz CT molecular complexity index is 977. The second kappa shape index (κ2) is 18.4. The molecule has 0 radical (unpaired) electrons. The van der Waals surface area contributed by atoms with Crippen LogP contribution in [0.1, 0.15) is 127 Å². The van der Waals surface area contributed by atoms with Crippen LogP contribution in [0.5, 0.6) is 0 Å². The van der Waals surface area contributed by atoms with Crippen LogP contribution in [0, 0.1) is 0 Å². The van der Waals surface area contributed by atoms with Crippen LogP contribution < -0.4 is 16.0 Å². The van der Waals surface area contributed by atoms with Gasteiger partial charge in [0.05, 0.1) is 0 Å². The van der Waals surface area contributed by atoms with Gasteiger partial charge in [0.25, 0.3) is 0 Å². The monoisotopic (exact) mass is 629 g/mol. The molecule has 0 aliphatic rings. The molecule has 0 saturated carbocycles. The number of nitrogens with one attached hydrogen (secondary N) is 3. The fraction of sp³-hybridized carbons (Fsp3) is 0.806. The molecule has 13 nitrogen and oxygen atoms in total. The predicted molar refractivity (Wildman–Crippen MR) is 164 cm³/mol. The zero-order valence-corrected chi connectivity index (χ0v) is 28.2. The van der Waals surface area contributed by atoms with E-state index >= 15 is 0 Å². The van der Waals surface area contributed by atoms with Gasteiger partial charge in [-0.2, -0.15) is 0 Å². The number of carbonyl (C=O) groups is 6. The number of hydrogen-bond donors (Lipinski definition) is 4. The van der Waals surface area contributed by atoms with Gasteiger partial charge in [-0.25, -0.2) is 19.2 Å². The van der Waals surface area contributed by atoms with Gasteiger partial charge in [0.1, 0.15) is 34.9 Å². The summed E-state index contributed by atoms with van der Waals surface area (Å²) in [5.74, 6) is -3.91. The number of esters is 3. The lowest BCUT2D eigenvalue weighted by Crippen LogP contribution is -2.53. The predicted octanol–water partition coefficient (Wildman–Crippen LogP) is 4.15. The number of rotatable bonds is 17. The third-order valence-electron chi connectivity index (χ3n) is 5.67. The molecule has 0 saturated heterocycles. The van der Waals surface area contributed by atoms with Crippen LogP contribution in [0.15, 0.2) is 0 Å². The van der Waals surface area contributed by atoms with E-state index in [1.807, 2.05) is 0 Å². The molecule has 0 aromatic heterocycles. The molecule has 0 bridgehead atoms. The summed E-state index contributed by atoms with van der Waals surface area (Å²) in [6.07, 6.45) is 2.89. The number of carboxylic acid groups (broad SMARTS) is 1. The summed E-state index contributed by atoms with van der Waals surface area (Å²) in [6.45, 7) is 17.1. The minimum atomic E-state index is -1.31. The molecule has 0 fully saturated rings. The fourth-order valence-corrected chi connectivity index (χ4v) is 3.81. The van der Waals surface area contributed by atoms with E-state index in [0.29, 0.717) is 12.8 Å². The van der Waals surface area contributed by atoms with Gasteiger partial charge in [-0.05, 0) is 81.6 Å². The summed E-state index contributed by atoms with van der Waals surface area (Å²) >= 11 is 0. The first-order valence-corrected chi connectivity index (χ1v) is 15.3. The normalized spacial score (nSPS) is 14.0. The Morgan fingerprint density at radius 1 is 0.568 bits per heavy atom. The van der Waals surface area contributed by atoms with Gasteiger partial charge in [-0.15, -0.1) is 0 Å². The van der Waals surface area contributed by atoms with Crippen molar-refractivity contribution < 1.29 is 48.1 Å². The summed E-state index contributed by atoms with van der Waals surface area (Å²) in [6, 6.07) is -4.44. The molecule has 0 aliphatic carbocycles. The van der Waals surface area contributed by atoms with Gasteiger partial charge in [-0.1, -0.05) is 32.6 Å². The van der Waals surface area contributed by atoms with Crippen LogP contribution in [-0.2, 0) is 38.2 Å². The third-order valence-corrected chi connectivity index (χ3v) is 5.67. The maximum Gasteiger partial charge on any atom is 0.329 e. The van der Waals surface area contributed by atoms with E-state index in [-0.39, 0.29) is 19.3 Å². The number of ether oxygens (including phenoxy) is 3. The molecule has 0 aliphatic heterocycles. The van der Waals surface area contributed by atoms with Crippen molar-refractivity contribution in [2.24, 2.45) is 0 Å². The van der Waals surface area contributed by atoms with Gasteiger partial charge >= 0.3 is 29.9 Å². The molecule has 0 aromatic rings. The zero-order valence-electron chi connectivity index (χ0n) is 28.2. The number of carbonyl (C=O) groups excluding carboxylic acids is 5. The Kier molecular flexibility index (Phi) is 17.0. The van der Waals surface area contributed by atoms with Crippen LogP contribution in [0.2, 0.25) is 0 Å². The van der Waals surface area contributed by atoms with Crippen molar-refractivity contribution in [3.63, 3.8) is 0 Å². The Hall–Kier alpha value is -3.38. The van der Waals surface area contributed by atoms with Gasteiger partial charge in [-0.3, -0.25) is 9.59 Å². The fourth-order valence-electron chi connectivity index (χ4n) is 3.81. The molecule has 0 rings (SSSR count). The third kappa shape index (κ3) is 20.5. The van der Waals surface area contributed by atoms with E-state index in [2.05, 4.69) is 22.9 Å². The molecule has 3 amide bonds. The highest BCUT2D eigenvalue weighted by molar-refractivity contribution is 5.88. The summed E-state index contributed by atoms with van der Waals surface area (Å²) < 4.78 is 16.2.